The molecule has 2 amide bonds. The van der Waals surface area contributed by atoms with Crippen molar-refractivity contribution in [3.05, 3.63) is 40.7 Å². The van der Waals surface area contributed by atoms with Crippen molar-refractivity contribution in [1.82, 2.24) is 5.32 Å². The summed E-state index contributed by atoms with van der Waals surface area (Å²) in [5.41, 5.74) is 6.24. The van der Waals surface area contributed by atoms with Gasteiger partial charge in [0.15, 0.2) is 5.76 Å². The van der Waals surface area contributed by atoms with Crippen molar-refractivity contribution in [2.24, 2.45) is 5.73 Å². The Morgan fingerprint density at radius 3 is 2.82 bits per heavy atom. The average Bonchev–Trinajstić information content (AvgIpc) is 3.13. The van der Waals surface area contributed by atoms with Crippen LogP contribution in [0, 0.1) is 6.92 Å². The van der Waals surface area contributed by atoms with Gasteiger partial charge in [-0.3, -0.25) is 9.59 Å². The molecule has 2 aromatic rings. The van der Waals surface area contributed by atoms with Gasteiger partial charge in [0.2, 0.25) is 0 Å². The van der Waals surface area contributed by atoms with E-state index in [-0.39, 0.29) is 17.6 Å². The summed E-state index contributed by atoms with van der Waals surface area (Å²) in [6, 6.07) is 5.01. The first-order valence-corrected chi connectivity index (χ1v) is 7.87. The smallest absolute Gasteiger partial charge is 0.291 e. The number of hydrogen-bond acceptors (Lipinski definition) is 5. The SMILES string of the molecule is Cc1cc(NC(=O)c2ccco2)sc1C(=O)NCCCCN. The minimum atomic E-state index is -0.332. The summed E-state index contributed by atoms with van der Waals surface area (Å²) in [5, 5.41) is 6.20. The van der Waals surface area contributed by atoms with Gasteiger partial charge in [0, 0.05) is 6.54 Å². The number of nitrogens with one attached hydrogen (secondary N) is 2. The third kappa shape index (κ3) is 4.19. The van der Waals surface area contributed by atoms with Crippen LogP contribution in [0.3, 0.4) is 0 Å². The molecule has 0 unspecified atom stereocenters. The predicted octanol–water partition coefficient (Wildman–Crippen LogP) is 2.37. The Kier molecular flexibility index (Phi) is 5.74. The molecule has 0 aromatic carbocycles. The fourth-order valence-corrected chi connectivity index (χ4v) is 2.89. The van der Waals surface area contributed by atoms with E-state index in [1.165, 1.54) is 17.6 Å². The lowest BCUT2D eigenvalue weighted by Gasteiger charge is -2.03. The van der Waals surface area contributed by atoms with Crippen molar-refractivity contribution in [3.63, 3.8) is 0 Å². The van der Waals surface area contributed by atoms with Gasteiger partial charge in [0.05, 0.1) is 16.1 Å². The van der Waals surface area contributed by atoms with Crippen LogP contribution in [0.2, 0.25) is 0 Å². The number of carbonyl (C=O) groups is 2. The minimum Gasteiger partial charge on any atom is -0.459 e. The van der Waals surface area contributed by atoms with Gasteiger partial charge in [-0.15, -0.1) is 11.3 Å². The molecule has 0 aliphatic carbocycles. The minimum absolute atomic E-state index is 0.127. The van der Waals surface area contributed by atoms with Crippen LogP contribution < -0.4 is 16.4 Å². The van der Waals surface area contributed by atoms with Gasteiger partial charge >= 0.3 is 0 Å². The van der Waals surface area contributed by atoms with Crippen LogP contribution in [0.1, 0.15) is 38.6 Å². The zero-order valence-corrected chi connectivity index (χ0v) is 13.2. The molecule has 0 fully saturated rings. The van der Waals surface area contributed by atoms with Crippen LogP contribution in [0.15, 0.2) is 28.9 Å². The summed E-state index contributed by atoms with van der Waals surface area (Å²) < 4.78 is 5.03. The number of hydrogen-bond donors (Lipinski definition) is 3. The van der Waals surface area contributed by atoms with E-state index < -0.39 is 0 Å². The first-order chi connectivity index (χ1) is 10.6. The Morgan fingerprint density at radius 2 is 2.14 bits per heavy atom. The van der Waals surface area contributed by atoms with Crippen molar-refractivity contribution in [2.75, 3.05) is 18.4 Å². The number of nitrogens with two attached hydrogens (primary N) is 1. The third-order valence-electron chi connectivity index (χ3n) is 3.02. The number of furan rings is 1. The molecule has 6 nitrogen and oxygen atoms in total. The van der Waals surface area contributed by atoms with E-state index in [0.717, 1.165) is 18.4 Å². The maximum Gasteiger partial charge on any atom is 0.291 e. The molecular formula is C15H19N3O3S. The van der Waals surface area contributed by atoms with Crippen LogP contribution in [0.5, 0.6) is 0 Å². The summed E-state index contributed by atoms with van der Waals surface area (Å²) in [6.45, 7) is 3.06. The number of carbonyl (C=O) groups excluding carboxylic acids is 2. The standard InChI is InChI=1S/C15H19N3O3S/c1-10-9-12(18-14(19)11-5-4-8-21-11)22-13(10)15(20)17-7-3-2-6-16/h4-5,8-9H,2-3,6-7,16H2,1H3,(H,17,20)(H,18,19). The highest BCUT2D eigenvalue weighted by Crippen LogP contribution is 2.27. The monoisotopic (exact) mass is 321 g/mol. The molecule has 2 heterocycles. The fraction of sp³-hybridized carbons (Fsp3) is 0.333. The topological polar surface area (TPSA) is 97.4 Å². The van der Waals surface area contributed by atoms with E-state index in [1.54, 1.807) is 18.2 Å². The largest absolute Gasteiger partial charge is 0.459 e. The molecule has 0 bridgehead atoms. The summed E-state index contributed by atoms with van der Waals surface area (Å²) >= 11 is 1.25. The third-order valence-corrected chi connectivity index (χ3v) is 4.17. The Morgan fingerprint density at radius 1 is 1.32 bits per heavy atom. The maximum atomic E-state index is 12.1. The van der Waals surface area contributed by atoms with Gasteiger partial charge in [0.25, 0.3) is 11.8 Å². The molecule has 2 rings (SSSR count). The van der Waals surface area contributed by atoms with Crippen molar-refractivity contribution in [1.29, 1.82) is 0 Å². The zero-order valence-electron chi connectivity index (χ0n) is 12.3. The van der Waals surface area contributed by atoms with Crippen LogP contribution in [-0.4, -0.2) is 24.9 Å². The Balaban J connectivity index is 1.95. The number of aryl methyl sites for hydroxylation is 1. The highest BCUT2D eigenvalue weighted by atomic mass is 32.1. The number of amides is 2. The van der Waals surface area contributed by atoms with Crippen molar-refractivity contribution >= 4 is 28.2 Å². The van der Waals surface area contributed by atoms with E-state index in [0.29, 0.717) is 23.0 Å². The highest BCUT2D eigenvalue weighted by molar-refractivity contribution is 7.18. The Bertz CT molecular complexity index is 635. The molecule has 2 aromatic heterocycles. The molecule has 0 saturated heterocycles. The predicted molar refractivity (Wildman–Crippen MR) is 86.3 cm³/mol. The molecule has 0 aliphatic heterocycles. The van der Waals surface area contributed by atoms with Crippen LogP contribution in [-0.2, 0) is 0 Å². The van der Waals surface area contributed by atoms with Gasteiger partial charge in [-0.25, -0.2) is 0 Å². The second-order valence-electron chi connectivity index (χ2n) is 4.81. The second-order valence-corrected chi connectivity index (χ2v) is 5.86. The van der Waals surface area contributed by atoms with Gasteiger partial charge in [-0.1, -0.05) is 0 Å². The molecule has 0 spiro atoms. The number of rotatable bonds is 7. The molecule has 4 N–H and O–H groups in total. The average molecular weight is 321 g/mol. The quantitative estimate of drug-likeness (QED) is 0.682. The van der Waals surface area contributed by atoms with Crippen molar-refractivity contribution in [2.45, 2.75) is 19.8 Å². The van der Waals surface area contributed by atoms with E-state index >= 15 is 0 Å². The van der Waals surface area contributed by atoms with Crippen molar-refractivity contribution < 1.29 is 14.0 Å². The molecule has 0 saturated carbocycles. The Labute approximate surface area is 132 Å². The first kappa shape index (κ1) is 16.3. The molecule has 118 valence electrons. The number of thiophene rings is 1. The zero-order chi connectivity index (χ0) is 15.9. The summed E-state index contributed by atoms with van der Waals surface area (Å²) in [5.74, 6) is -0.224. The van der Waals surface area contributed by atoms with Gasteiger partial charge in [0.1, 0.15) is 0 Å². The van der Waals surface area contributed by atoms with E-state index in [4.69, 9.17) is 10.2 Å². The molecule has 0 atom stereocenters. The van der Waals surface area contributed by atoms with E-state index in [9.17, 15) is 9.59 Å². The summed E-state index contributed by atoms with van der Waals surface area (Å²) in [4.78, 5) is 24.6. The molecule has 22 heavy (non-hydrogen) atoms. The first-order valence-electron chi connectivity index (χ1n) is 7.05. The van der Waals surface area contributed by atoms with Crippen molar-refractivity contribution in [3.8, 4) is 0 Å². The van der Waals surface area contributed by atoms with Gasteiger partial charge in [-0.05, 0) is 50.1 Å². The summed E-state index contributed by atoms with van der Waals surface area (Å²) in [7, 11) is 0. The Hall–Kier alpha value is -2.12. The molecular weight excluding hydrogens is 302 g/mol. The molecule has 0 aliphatic rings. The lowest BCUT2D eigenvalue weighted by atomic mass is 10.2. The lowest BCUT2D eigenvalue weighted by molar-refractivity contribution is 0.0955. The van der Waals surface area contributed by atoms with E-state index in [1.807, 2.05) is 6.92 Å². The highest BCUT2D eigenvalue weighted by Gasteiger charge is 2.16. The number of unbranched alkanes of at least 4 members (excludes halogenated alkanes) is 1. The normalized spacial score (nSPS) is 10.5. The van der Waals surface area contributed by atoms with Crippen LogP contribution >= 0.6 is 11.3 Å². The molecule has 0 radical (unpaired) electrons. The van der Waals surface area contributed by atoms with Gasteiger partial charge in [-0.2, -0.15) is 0 Å². The summed E-state index contributed by atoms with van der Waals surface area (Å²) in [6.07, 6.45) is 3.18. The van der Waals surface area contributed by atoms with E-state index in [2.05, 4.69) is 10.6 Å². The molecule has 7 heteroatoms. The maximum absolute atomic E-state index is 12.1. The van der Waals surface area contributed by atoms with Crippen LogP contribution in [0.4, 0.5) is 5.00 Å². The lowest BCUT2D eigenvalue weighted by Crippen LogP contribution is -2.24. The fourth-order valence-electron chi connectivity index (χ4n) is 1.90. The number of anilines is 1. The second kappa shape index (κ2) is 7.77. The van der Waals surface area contributed by atoms with Crippen LogP contribution in [0.25, 0.3) is 0 Å². The van der Waals surface area contributed by atoms with Gasteiger partial charge < -0.3 is 20.8 Å².